The SMILES string of the molecule is CNc1nccnc1-c1ccc([C@@H](C)N2CCCCC2)cc1. The van der Waals surface area contributed by atoms with Gasteiger partial charge in [0.15, 0.2) is 5.82 Å². The molecule has 2 heterocycles. The lowest BCUT2D eigenvalue weighted by Gasteiger charge is -2.32. The summed E-state index contributed by atoms with van der Waals surface area (Å²) in [5, 5.41) is 3.10. The monoisotopic (exact) mass is 296 g/mol. The molecule has 0 bridgehead atoms. The molecule has 4 nitrogen and oxygen atoms in total. The summed E-state index contributed by atoms with van der Waals surface area (Å²) >= 11 is 0. The number of likely N-dealkylation sites (tertiary alicyclic amines) is 1. The first kappa shape index (κ1) is 15.0. The molecule has 0 spiro atoms. The third kappa shape index (κ3) is 3.12. The second-order valence-electron chi connectivity index (χ2n) is 5.90. The summed E-state index contributed by atoms with van der Waals surface area (Å²) in [4.78, 5) is 11.4. The summed E-state index contributed by atoms with van der Waals surface area (Å²) in [5.74, 6) is 0.819. The molecule has 0 aliphatic carbocycles. The number of nitrogens with one attached hydrogen (secondary N) is 1. The lowest BCUT2D eigenvalue weighted by atomic mass is 10.0. The molecule has 0 saturated carbocycles. The van der Waals surface area contributed by atoms with Crippen LogP contribution in [0.25, 0.3) is 11.3 Å². The molecular formula is C18H24N4. The number of benzene rings is 1. The van der Waals surface area contributed by atoms with Crippen molar-refractivity contribution in [2.45, 2.75) is 32.2 Å². The van der Waals surface area contributed by atoms with Crippen molar-refractivity contribution in [1.82, 2.24) is 14.9 Å². The Bertz CT molecular complexity index is 603. The van der Waals surface area contributed by atoms with E-state index >= 15 is 0 Å². The van der Waals surface area contributed by atoms with Crippen molar-refractivity contribution in [3.8, 4) is 11.3 Å². The molecule has 4 heteroatoms. The van der Waals surface area contributed by atoms with Gasteiger partial charge in [-0.25, -0.2) is 4.98 Å². The molecule has 1 fully saturated rings. The lowest BCUT2D eigenvalue weighted by molar-refractivity contribution is 0.175. The fourth-order valence-electron chi connectivity index (χ4n) is 3.17. The average molecular weight is 296 g/mol. The maximum Gasteiger partial charge on any atom is 0.152 e. The van der Waals surface area contributed by atoms with Crippen LogP contribution >= 0.6 is 0 Å². The predicted octanol–water partition coefficient (Wildman–Crippen LogP) is 3.73. The fourth-order valence-corrected chi connectivity index (χ4v) is 3.17. The Hall–Kier alpha value is -1.94. The van der Waals surface area contributed by atoms with Crippen molar-refractivity contribution in [3.63, 3.8) is 0 Å². The molecule has 0 unspecified atom stereocenters. The molecule has 1 N–H and O–H groups in total. The Morgan fingerprint density at radius 1 is 1.00 bits per heavy atom. The fraction of sp³-hybridized carbons (Fsp3) is 0.444. The van der Waals surface area contributed by atoms with Crippen LogP contribution in [0.4, 0.5) is 5.82 Å². The predicted molar refractivity (Wildman–Crippen MR) is 90.9 cm³/mol. The topological polar surface area (TPSA) is 41.1 Å². The van der Waals surface area contributed by atoms with E-state index in [0.717, 1.165) is 17.1 Å². The Labute approximate surface area is 132 Å². The summed E-state index contributed by atoms with van der Waals surface area (Å²) in [6.45, 7) is 4.75. The quantitative estimate of drug-likeness (QED) is 0.933. The minimum atomic E-state index is 0.486. The maximum atomic E-state index is 4.45. The third-order valence-electron chi connectivity index (χ3n) is 4.54. The number of rotatable bonds is 4. The van der Waals surface area contributed by atoms with Gasteiger partial charge in [0.05, 0.1) is 0 Å². The molecule has 0 radical (unpaired) electrons. The summed E-state index contributed by atoms with van der Waals surface area (Å²) in [5.41, 5.74) is 3.38. The second-order valence-corrected chi connectivity index (χ2v) is 5.90. The number of piperidine rings is 1. The smallest absolute Gasteiger partial charge is 0.152 e. The van der Waals surface area contributed by atoms with E-state index in [-0.39, 0.29) is 0 Å². The zero-order valence-electron chi connectivity index (χ0n) is 13.4. The van der Waals surface area contributed by atoms with Crippen LogP contribution in [0, 0.1) is 0 Å². The zero-order valence-corrected chi connectivity index (χ0v) is 13.4. The third-order valence-corrected chi connectivity index (χ3v) is 4.54. The van der Waals surface area contributed by atoms with Gasteiger partial charge in [-0.3, -0.25) is 9.88 Å². The molecule has 1 saturated heterocycles. The van der Waals surface area contributed by atoms with Crippen LogP contribution in [0.1, 0.15) is 37.8 Å². The van der Waals surface area contributed by atoms with E-state index in [2.05, 4.69) is 51.4 Å². The van der Waals surface area contributed by atoms with Gasteiger partial charge >= 0.3 is 0 Å². The summed E-state index contributed by atoms with van der Waals surface area (Å²) < 4.78 is 0. The highest BCUT2D eigenvalue weighted by molar-refractivity contribution is 5.71. The largest absolute Gasteiger partial charge is 0.371 e. The summed E-state index contributed by atoms with van der Waals surface area (Å²) in [6.07, 6.45) is 7.48. The van der Waals surface area contributed by atoms with Crippen LogP contribution in [0.15, 0.2) is 36.7 Å². The van der Waals surface area contributed by atoms with E-state index in [0.29, 0.717) is 6.04 Å². The molecule has 0 amide bonds. The molecule has 1 atom stereocenters. The molecule has 1 aromatic carbocycles. The first-order chi connectivity index (χ1) is 10.8. The zero-order chi connectivity index (χ0) is 15.4. The highest BCUT2D eigenvalue weighted by Gasteiger charge is 2.18. The summed E-state index contributed by atoms with van der Waals surface area (Å²) in [7, 11) is 1.88. The van der Waals surface area contributed by atoms with Gasteiger partial charge in [0, 0.05) is 31.0 Å². The molecule has 1 aliphatic rings. The van der Waals surface area contributed by atoms with E-state index in [1.165, 1.54) is 37.9 Å². The van der Waals surface area contributed by atoms with Crippen LogP contribution in [0.2, 0.25) is 0 Å². The Morgan fingerprint density at radius 3 is 2.36 bits per heavy atom. The number of hydrogen-bond donors (Lipinski definition) is 1. The molecular weight excluding hydrogens is 272 g/mol. The highest BCUT2D eigenvalue weighted by Crippen LogP contribution is 2.28. The van der Waals surface area contributed by atoms with Gasteiger partial charge in [0.2, 0.25) is 0 Å². The average Bonchev–Trinajstić information content (AvgIpc) is 2.62. The first-order valence-electron chi connectivity index (χ1n) is 8.12. The normalized spacial score (nSPS) is 17.2. The molecule has 1 aromatic heterocycles. The van der Waals surface area contributed by atoms with Crippen molar-refractivity contribution in [2.75, 3.05) is 25.5 Å². The number of hydrogen-bond acceptors (Lipinski definition) is 4. The number of anilines is 1. The molecule has 1 aliphatic heterocycles. The van der Waals surface area contributed by atoms with E-state index in [4.69, 9.17) is 0 Å². The van der Waals surface area contributed by atoms with Crippen LogP contribution in [-0.2, 0) is 0 Å². The van der Waals surface area contributed by atoms with Crippen molar-refractivity contribution < 1.29 is 0 Å². The summed E-state index contributed by atoms with van der Waals surface area (Å²) in [6, 6.07) is 9.24. The number of nitrogens with zero attached hydrogens (tertiary/aromatic N) is 3. The van der Waals surface area contributed by atoms with Gasteiger partial charge in [-0.2, -0.15) is 0 Å². The van der Waals surface area contributed by atoms with Crippen molar-refractivity contribution >= 4 is 5.82 Å². The van der Waals surface area contributed by atoms with Crippen LogP contribution in [-0.4, -0.2) is 35.0 Å². The maximum absolute atomic E-state index is 4.45. The van der Waals surface area contributed by atoms with Gasteiger partial charge in [0.25, 0.3) is 0 Å². The Morgan fingerprint density at radius 2 is 1.68 bits per heavy atom. The van der Waals surface area contributed by atoms with Gasteiger partial charge < -0.3 is 5.32 Å². The van der Waals surface area contributed by atoms with Gasteiger partial charge in [-0.1, -0.05) is 30.7 Å². The minimum absolute atomic E-state index is 0.486. The first-order valence-corrected chi connectivity index (χ1v) is 8.12. The molecule has 2 aromatic rings. The molecule has 3 rings (SSSR count). The van der Waals surface area contributed by atoms with Crippen LogP contribution in [0.5, 0.6) is 0 Å². The standard InChI is InChI=1S/C18H24N4/c1-14(22-12-4-3-5-13-22)15-6-8-16(9-7-15)17-18(19-2)21-11-10-20-17/h6-11,14H,3-5,12-13H2,1-2H3,(H,19,21)/t14-/m1/s1. The number of aromatic nitrogens is 2. The second kappa shape index (κ2) is 6.88. The van der Waals surface area contributed by atoms with Crippen LogP contribution < -0.4 is 5.32 Å². The van der Waals surface area contributed by atoms with Gasteiger partial charge in [-0.05, 0) is 38.4 Å². The Balaban J connectivity index is 1.80. The van der Waals surface area contributed by atoms with E-state index in [1.54, 1.807) is 12.4 Å². The molecule has 116 valence electrons. The van der Waals surface area contributed by atoms with Crippen molar-refractivity contribution in [1.29, 1.82) is 0 Å². The van der Waals surface area contributed by atoms with Crippen molar-refractivity contribution in [2.24, 2.45) is 0 Å². The Kier molecular flexibility index (Phi) is 4.68. The van der Waals surface area contributed by atoms with E-state index in [1.807, 2.05) is 7.05 Å². The van der Waals surface area contributed by atoms with E-state index in [9.17, 15) is 0 Å². The van der Waals surface area contributed by atoms with Crippen LogP contribution in [0.3, 0.4) is 0 Å². The minimum Gasteiger partial charge on any atom is -0.371 e. The van der Waals surface area contributed by atoms with E-state index < -0.39 is 0 Å². The van der Waals surface area contributed by atoms with Gasteiger partial charge in [-0.15, -0.1) is 0 Å². The molecule has 22 heavy (non-hydrogen) atoms. The van der Waals surface area contributed by atoms with Crippen molar-refractivity contribution in [3.05, 3.63) is 42.2 Å². The van der Waals surface area contributed by atoms with Gasteiger partial charge in [0.1, 0.15) is 5.69 Å². The highest BCUT2D eigenvalue weighted by atomic mass is 15.2. The lowest BCUT2D eigenvalue weighted by Crippen LogP contribution is -2.32.